The molecule has 0 atom stereocenters. The van der Waals surface area contributed by atoms with Crippen LogP contribution in [0, 0.1) is 20.8 Å². The summed E-state index contributed by atoms with van der Waals surface area (Å²) < 4.78 is 5.70. The number of anilines is 2. The normalized spacial score (nSPS) is 14.1. The van der Waals surface area contributed by atoms with Crippen LogP contribution in [-0.4, -0.2) is 4.98 Å². The Kier molecular flexibility index (Phi) is 3.70. The maximum absolute atomic E-state index is 6.12. The second-order valence-corrected chi connectivity index (χ2v) is 5.62. The molecule has 5 nitrogen and oxygen atoms in total. The minimum atomic E-state index is 0.298. The lowest BCUT2D eigenvalue weighted by atomic mass is 10.0. The maximum atomic E-state index is 6.12. The highest BCUT2D eigenvalue weighted by Crippen LogP contribution is 2.42. The molecule has 0 aliphatic carbocycles. The van der Waals surface area contributed by atoms with Crippen molar-refractivity contribution in [2.24, 2.45) is 11.5 Å². The van der Waals surface area contributed by atoms with E-state index in [0.717, 1.165) is 16.8 Å². The first-order valence-corrected chi connectivity index (χ1v) is 7.41. The number of ether oxygens (including phenoxy) is 1. The number of hydrogen-bond donors (Lipinski definition) is 2. The fraction of sp³-hybridized carbons (Fsp3) is 0.167. The fourth-order valence-corrected chi connectivity index (χ4v) is 3.02. The van der Waals surface area contributed by atoms with Gasteiger partial charge in [-0.3, -0.25) is 4.90 Å². The second-order valence-electron chi connectivity index (χ2n) is 5.62. The highest BCUT2D eigenvalue weighted by molar-refractivity contribution is 5.78. The Balaban J connectivity index is 2.30. The monoisotopic (exact) mass is 308 g/mol. The van der Waals surface area contributed by atoms with Gasteiger partial charge >= 0.3 is 0 Å². The Labute approximate surface area is 135 Å². The standard InChI is InChI=1S/C18H20N4O/c1-11-9-12(2)16(13(3)10-11)22-14(6-7-19)17(20)23-15-5-4-8-21-18(15)22/h4-10H,19-20H2,1-3H3/b7-6-. The summed E-state index contributed by atoms with van der Waals surface area (Å²) in [6.07, 6.45) is 4.91. The van der Waals surface area contributed by atoms with Gasteiger partial charge in [-0.15, -0.1) is 0 Å². The fourth-order valence-electron chi connectivity index (χ4n) is 3.02. The van der Waals surface area contributed by atoms with E-state index in [4.69, 9.17) is 16.2 Å². The minimum absolute atomic E-state index is 0.298. The highest BCUT2D eigenvalue weighted by Gasteiger charge is 2.28. The van der Waals surface area contributed by atoms with E-state index in [9.17, 15) is 0 Å². The van der Waals surface area contributed by atoms with E-state index >= 15 is 0 Å². The van der Waals surface area contributed by atoms with Gasteiger partial charge in [-0.1, -0.05) is 17.7 Å². The van der Waals surface area contributed by atoms with Crippen molar-refractivity contribution in [3.05, 3.63) is 71.0 Å². The minimum Gasteiger partial charge on any atom is -0.435 e. The largest absolute Gasteiger partial charge is 0.435 e. The lowest BCUT2D eigenvalue weighted by molar-refractivity contribution is 0.404. The van der Waals surface area contributed by atoms with Crippen molar-refractivity contribution < 1.29 is 4.74 Å². The van der Waals surface area contributed by atoms with E-state index in [2.05, 4.69) is 37.9 Å². The van der Waals surface area contributed by atoms with Gasteiger partial charge in [0.25, 0.3) is 0 Å². The van der Waals surface area contributed by atoms with Gasteiger partial charge in [0.2, 0.25) is 5.88 Å². The zero-order chi connectivity index (χ0) is 16.6. The van der Waals surface area contributed by atoms with Gasteiger partial charge in [0.05, 0.1) is 5.69 Å². The number of allylic oxidation sites excluding steroid dienone is 1. The molecule has 118 valence electrons. The van der Waals surface area contributed by atoms with Crippen molar-refractivity contribution >= 4 is 11.5 Å². The molecular formula is C18H20N4O. The van der Waals surface area contributed by atoms with Crippen LogP contribution in [0.15, 0.2) is 54.3 Å². The third kappa shape index (κ3) is 2.50. The van der Waals surface area contributed by atoms with Crippen molar-refractivity contribution in [1.29, 1.82) is 0 Å². The van der Waals surface area contributed by atoms with Gasteiger partial charge in [0.15, 0.2) is 11.6 Å². The van der Waals surface area contributed by atoms with Crippen molar-refractivity contribution in [3.8, 4) is 5.75 Å². The number of fused-ring (bicyclic) bond motifs is 1. The van der Waals surface area contributed by atoms with Crippen LogP contribution in [0.3, 0.4) is 0 Å². The first-order chi connectivity index (χ1) is 11.0. The third-order valence-electron chi connectivity index (χ3n) is 3.79. The van der Waals surface area contributed by atoms with E-state index in [1.54, 1.807) is 12.3 Å². The molecule has 3 rings (SSSR count). The predicted molar refractivity (Wildman–Crippen MR) is 92.2 cm³/mol. The Morgan fingerprint density at radius 3 is 2.52 bits per heavy atom. The van der Waals surface area contributed by atoms with Crippen molar-refractivity contribution in [3.63, 3.8) is 0 Å². The van der Waals surface area contributed by atoms with E-state index in [0.29, 0.717) is 23.1 Å². The Bertz CT molecular complexity index is 801. The Morgan fingerprint density at radius 2 is 1.87 bits per heavy atom. The molecule has 2 aromatic rings. The summed E-state index contributed by atoms with van der Waals surface area (Å²) in [7, 11) is 0. The number of benzene rings is 1. The number of nitrogens with zero attached hydrogens (tertiary/aromatic N) is 2. The van der Waals surface area contributed by atoms with Crippen LogP contribution in [0.2, 0.25) is 0 Å². The molecule has 0 unspecified atom stereocenters. The first kappa shape index (κ1) is 15.0. The van der Waals surface area contributed by atoms with Crippen molar-refractivity contribution in [1.82, 2.24) is 4.98 Å². The SMILES string of the molecule is Cc1cc(C)c(N2C(/C=C\N)=C(N)Oc3cccnc32)c(C)c1. The van der Waals surface area contributed by atoms with Crippen LogP contribution in [0.4, 0.5) is 11.5 Å². The van der Waals surface area contributed by atoms with Crippen LogP contribution in [0.25, 0.3) is 0 Å². The van der Waals surface area contributed by atoms with Gasteiger partial charge in [0.1, 0.15) is 5.70 Å². The number of hydrogen-bond acceptors (Lipinski definition) is 5. The molecule has 0 saturated heterocycles. The molecule has 1 aromatic carbocycles. The average Bonchev–Trinajstić information content (AvgIpc) is 2.49. The van der Waals surface area contributed by atoms with Gasteiger partial charge in [-0.25, -0.2) is 4.98 Å². The first-order valence-electron chi connectivity index (χ1n) is 7.41. The molecule has 23 heavy (non-hydrogen) atoms. The summed E-state index contributed by atoms with van der Waals surface area (Å²) in [5, 5.41) is 0. The van der Waals surface area contributed by atoms with Crippen LogP contribution in [0.1, 0.15) is 16.7 Å². The molecule has 1 aromatic heterocycles. The van der Waals surface area contributed by atoms with Gasteiger partial charge in [0, 0.05) is 6.20 Å². The van der Waals surface area contributed by atoms with Gasteiger partial charge < -0.3 is 16.2 Å². The molecule has 4 N–H and O–H groups in total. The number of pyridine rings is 1. The highest BCUT2D eigenvalue weighted by atomic mass is 16.5. The molecular weight excluding hydrogens is 288 g/mol. The molecule has 0 spiro atoms. The van der Waals surface area contributed by atoms with Crippen LogP contribution < -0.4 is 21.1 Å². The summed E-state index contributed by atoms with van der Waals surface area (Å²) in [5.74, 6) is 1.62. The number of nitrogens with two attached hydrogens (primary N) is 2. The average molecular weight is 308 g/mol. The van der Waals surface area contributed by atoms with Crippen LogP contribution >= 0.6 is 0 Å². The Hall–Kier alpha value is -2.95. The molecule has 0 amide bonds. The lowest BCUT2D eigenvalue weighted by Gasteiger charge is -2.33. The molecule has 1 aliphatic rings. The van der Waals surface area contributed by atoms with E-state index < -0.39 is 0 Å². The summed E-state index contributed by atoms with van der Waals surface area (Å²) in [6, 6.07) is 7.95. The van der Waals surface area contributed by atoms with Crippen LogP contribution in [0.5, 0.6) is 5.75 Å². The van der Waals surface area contributed by atoms with E-state index in [1.807, 2.05) is 17.0 Å². The molecule has 0 fully saturated rings. The zero-order valence-corrected chi connectivity index (χ0v) is 13.5. The second kappa shape index (κ2) is 5.68. The topological polar surface area (TPSA) is 77.4 Å². The molecule has 0 saturated carbocycles. The quantitative estimate of drug-likeness (QED) is 0.891. The lowest BCUT2D eigenvalue weighted by Crippen LogP contribution is -2.29. The van der Waals surface area contributed by atoms with Crippen LogP contribution in [-0.2, 0) is 0 Å². The Morgan fingerprint density at radius 1 is 1.17 bits per heavy atom. The summed E-state index contributed by atoms with van der Waals surface area (Å²) in [4.78, 5) is 6.49. The molecule has 0 radical (unpaired) electrons. The molecule has 5 heteroatoms. The van der Waals surface area contributed by atoms with Crippen molar-refractivity contribution in [2.75, 3.05) is 4.90 Å². The number of aryl methyl sites for hydroxylation is 3. The third-order valence-corrected chi connectivity index (χ3v) is 3.79. The zero-order valence-electron chi connectivity index (χ0n) is 13.5. The van der Waals surface area contributed by atoms with Gasteiger partial charge in [-0.05, 0) is 56.3 Å². The summed E-state index contributed by atoms with van der Waals surface area (Å²) >= 11 is 0. The van der Waals surface area contributed by atoms with Gasteiger partial charge in [-0.2, -0.15) is 0 Å². The van der Waals surface area contributed by atoms with Crippen molar-refractivity contribution in [2.45, 2.75) is 20.8 Å². The number of rotatable bonds is 2. The van der Waals surface area contributed by atoms with E-state index in [1.165, 1.54) is 11.8 Å². The smallest absolute Gasteiger partial charge is 0.215 e. The maximum Gasteiger partial charge on any atom is 0.215 e. The van der Waals surface area contributed by atoms with E-state index in [-0.39, 0.29) is 0 Å². The number of aromatic nitrogens is 1. The molecule has 2 heterocycles. The molecule has 0 bridgehead atoms. The molecule has 1 aliphatic heterocycles. The summed E-state index contributed by atoms with van der Waals surface area (Å²) in [6.45, 7) is 6.24. The summed E-state index contributed by atoms with van der Waals surface area (Å²) in [5.41, 5.74) is 16.9. The predicted octanol–water partition coefficient (Wildman–Crippen LogP) is 3.14.